The van der Waals surface area contributed by atoms with Crippen molar-refractivity contribution < 1.29 is 36.2 Å². The van der Waals surface area contributed by atoms with E-state index in [0.29, 0.717) is 54.9 Å². The normalized spacial score (nSPS) is 16.0. The molecule has 2 aliphatic rings. The third-order valence-electron chi connectivity index (χ3n) is 6.45. The molecular weight excluding hydrogens is 534 g/mol. The van der Waals surface area contributed by atoms with Gasteiger partial charge in [-0.3, -0.25) is 14.4 Å². The number of sulfonamides is 1. The van der Waals surface area contributed by atoms with Crippen molar-refractivity contribution in [2.75, 3.05) is 62.7 Å². The van der Waals surface area contributed by atoms with Crippen LogP contribution >= 0.6 is 0 Å². The highest BCUT2D eigenvalue weighted by Crippen LogP contribution is 2.38. The fourth-order valence-corrected chi connectivity index (χ4v) is 5.54. The zero-order chi connectivity index (χ0) is 27.6. The van der Waals surface area contributed by atoms with Gasteiger partial charge in [-0.05, 0) is 35.9 Å². The number of benzene rings is 2. The molecule has 0 aliphatic carbocycles. The number of pyridine rings is 1. The SMILES string of the molecule is COc1ncc(-c2ccc3c(c2)N(CCN2CCOCC2)C(=O)CO3)cc1NS(=O)(=O)c1ccc(F)cc1F. The van der Waals surface area contributed by atoms with Crippen molar-refractivity contribution in [1.29, 1.82) is 0 Å². The first-order valence-electron chi connectivity index (χ1n) is 12.1. The van der Waals surface area contributed by atoms with E-state index >= 15 is 0 Å². The fourth-order valence-electron chi connectivity index (χ4n) is 4.43. The molecule has 1 aromatic heterocycles. The number of nitrogens with zero attached hydrogens (tertiary/aromatic N) is 3. The maximum Gasteiger partial charge on any atom is 0.265 e. The molecule has 3 heterocycles. The Morgan fingerprint density at radius 3 is 2.59 bits per heavy atom. The van der Waals surface area contributed by atoms with Crippen LogP contribution in [0.3, 0.4) is 0 Å². The topological polar surface area (TPSA) is 110 Å². The number of aromatic nitrogens is 1. The van der Waals surface area contributed by atoms with Gasteiger partial charge in [0.15, 0.2) is 6.61 Å². The summed E-state index contributed by atoms with van der Waals surface area (Å²) in [6, 6.07) is 8.93. The van der Waals surface area contributed by atoms with Gasteiger partial charge in [-0.15, -0.1) is 0 Å². The van der Waals surface area contributed by atoms with Crippen LogP contribution in [0, 0.1) is 11.6 Å². The third-order valence-corrected chi connectivity index (χ3v) is 7.85. The molecule has 206 valence electrons. The maximum atomic E-state index is 14.2. The molecule has 1 N–H and O–H groups in total. The molecule has 0 radical (unpaired) electrons. The Hall–Kier alpha value is -3.81. The van der Waals surface area contributed by atoms with Gasteiger partial charge in [0.1, 0.15) is 28.0 Å². The van der Waals surface area contributed by atoms with Gasteiger partial charge in [0.2, 0.25) is 5.88 Å². The molecule has 39 heavy (non-hydrogen) atoms. The summed E-state index contributed by atoms with van der Waals surface area (Å²) in [5.41, 5.74) is 1.67. The number of morpholine rings is 1. The second-order valence-electron chi connectivity index (χ2n) is 8.93. The first-order valence-corrected chi connectivity index (χ1v) is 13.6. The number of ether oxygens (including phenoxy) is 3. The van der Waals surface area contributed by atoms with Crippen molar-refractivity contribution >= 4 is 27.3 Å². The summed E-state index contributed by atoms with van der Waals surface area (Å²) in [4.78, 5) is 20.1. The maximum absolute atomic E-state index is 14.2. The van der Waals surface area contributed by atoms with Crippen LogP contribution in [0.15, 0.2) is 53.6 Å². The van der Waals surface area contributed by atoms with Crippen LogP contribution in [0.5, 0.6) is 11.6 Å². The zero-order valence-corrected chi connectivity index (χ0v) is 21.8. The minimum Gasteiger partial charge on any atom is -0.482 e. The van der Waals surface area contributed by atoms with Gasteiger partial charge < -0.3 is 19.1 Å². The van der Waals surface area contributed by atoms with Crippen molar-refractivity contribution in [2.45, 2.75) is 4.90 Å². The Balaban J connectivity index is 1.44. The van der Waals surface area contributed by atoms with E-state index in [0.717, 1.165) is 25.2 Å². The highest BCUT2D eigenvalue weighted by Gasteiger charge is 2.27. The summed E-state index contributed by atoms with van der Waals surface area (Å²) in [5.74, 6) is -1.80. The van der Waals surface area contributed by atoms with E-state index in [1.54, 1.807) is 23.1 Å². The number of hydrogen-bond acceptors (Lipinski definition) is 8. The van der Waals surface area contributed by atoms with Crippen LogP contribution in [-0.4, -0.2) is 77.3 Å². The number of nitrogens with one attached hydrogen (secondary N) is 1. The van der Waals surface area contributed by atoms with Crippen molar-refractivity contribution in [3.63, 3.8) is 0 Å². The average molecular weight is 561 g/mol. The number of hydrogen-bond donors (Lipinski definition) is 1. The predicted molar refractivity (Wildman–Crippen MR) is 138 cm³/mol. The van der Waals surface area contributed by atoms with Crippen molar-refractivity contribution in [1.82, 2.24) is 9.88 Å². The number of carbonyl (C=O) groups is 1. The summed E-state index contributed by atoms with van der Waals surface area (Å²) in [6.45, 7) is 3.98. The first-order chi connectivity index (χ1) is 18.7. The zero-order valence-electron chi connectivity index (χ0n) is 21.0. The number of rotatable bonds is 8. The summed E-state index contributed by atoms with van der Waals surface area (Å²) in [5, 5.41) is 0. The van der Waals surface area contributed by atoms with Gasteiger partial charge in [0, 0.05) is 44.0 Å². The number of halogens is 2. The Labute approximate surface area is 224 Å². The Kier molecular flexibility index (Phi) is 7.64. The predicted octanol–water partition coefficient (Wildman–Crippen LogP) is 2.89. The molecule has 10 nitrogen and oxygen atoms in total. The molecule has 1 amide bonds. The first kappa shape index (κ1) is 26.8. The highest BCUT2D eigenvalue weighted by molar-refractivity contribution is 7.92. The minimum atomic E-state index is -4.44. The highest BCUT2D eigenvalue weighted by atomic mass is 32.2. The Morgan fingerprint density at radius 1 is 1.05 bits per heavy atom. The van der Waals surface area contributed by atoms with E-state index in [1.807, 2.05) is 0 Å². The smallest absolute Gasteiger partial charge is 0.265 e. The van der Waals surface area contributed by atoms with Crippen molar-refractivity contribution in [2.24, 2.45) is 0 Å². The van der Waals surface area contributed by atoms with Crippen LogP contribution < -0.4 is 19.1 Å². The number of methoxy groups -OCH3 is 1. The lowest BCUT2D eigenvalue weighted by Gasteiger charge is -2.33. The number of anilines is 2. The van der Waals surface area contributed by atoms with Gasteiger partial charge >= 0.3 is 0 Å². The molecule has 0 spiro atoms. The summed E-state index contributed by atoms with van der Waals surface area (Å²) < 4.78 is 71.8. The largest absolute Gasteiger partial charge is 0.482 e. The van der Waals surface area contributed by atoms with E-state index in [-0.39, 0.29) is 24.1 Å². The van der Waals surface area contributed by atoms with E-state index in [2.05, 4.69) is 14.6 Å². The Morgan fingerprint density at radius 2 is 1.85 bits per heavy atom. The van der Waals surface area contributed by atoms with Crippen LogP contribution in [0.4, 0.5) is 20.2 Å². The van der Waals surface area contributed by atoms with E-state index in [4.69, 9.17) is 14.2 Å². The molecule has 0 saturated carbocycles. The quantitative estimate of drug-likeness (QED) is 0.448. The molecule has 13 heteroatoms. The number of amides is 1. The third kappa shape index (κ3) is 5.79. The van der Waals surface area contributed by atoms with Crippen molar-refractivity contribution in [3.05, 3.63) is 60.3 Å². The lowest BCUT2D eigenvalue weighted by Crippen LogP contribution is -2.45. The van der Waals surface area contributed by atoms with Crippen molar-refractivity contribution in [3.8, 4) is 22.8 Å². The summed E-state index contributed by atoms with van der Waals surface area (Å²) in [7, 11) is -3.13. The molecule has 3 aromatic rings. The fraction of sp³-hybridized carbons (Fsp3) is 0.308. The van der Waals surface area contributed by atoms with Crippen LogP contribution in [0.2, 0.25) is 0 Å². The summed E-state index contributed by atoms with van der Waals surface area (Å²) in [6.07, 6.45) is 1.49. The molecule has 0 unspecified atom stereocenters. The second-order valence-corrected chi connectivity index (χ2v) is 10.6. The van der Waals surface area contributed by atoms with Gasteiger partial charge in [-0.2, -0.15) is 0 Å². The monoisotopic (exact) mass is 560 g/mol. The molecule has 5 rings (SSSR count). The van der Waals surface area contributed by atoms with Crippen LogP contribution in [0.1, 0.15) is 0 Å². The Bertz CT molecular complexity index is 1500. The minimum absolute atomic E-state index is 0.0477. The molecule has 2 aliphatic heterocycles. The van der Waals surface area contributed by atoms with Gasteiger partial charge in [0.25, 0.3) is 15.9 Å². The standard InChI is InChI=1S/C26H26F2N4O6S/c1-36-26-21(30-39(34,35)24-5-3-19(27)14-20(24)28)12-18(15-29-26)17-2-4-23-22(13-17)32(25(33)16-38-23)7-6-31-8-10-37-11-9-31/h2-5,12-15,30H,6-11,16H2,1H3. The molecule has 0 atom stereocenters. The molecule has 1 saturated heterocycles. The van der Waals surface area contributed by atoms with Crippen LogP contribution in [-0.2, 0) is 19.6 Å². The molecule has 2 aromatic carbocycles. The molecule has 1 fully saturated rings. The number of carbonyl (C=O) groups excluding carboxylic acids is 1. The van der Waals surface area contributed by atoms with E-state index in [1.165, 1.54) is 19.4 Å². The lowest BCUT2D eigenvalue weighted by atomic mass is 10.0. The number of fused-ring (bicyclic) bond motifs is 1. The average Bonchev–Trinajstić information content (AvgIpc) is 2.92. The molecular formula is C26H26F2N4O6S. The van der Waals surface area contributed by atoms with E-state index in [9.17, 15) is 22.0 Å². The lowest BCUT2D eigenvalue weighted by molar-refractivity contribution is -0.121. The van der Waals surface area contributed by atoms with Crippen LogP contribution in [0.25, 0.3) is 11.1 Å². The van der Waals surface area contributed by atoms with Gasteiger partial charge in [-0.1, -0.05) is 6.07 Å². The second kappa shape index (κ2) is 11.1. The van der Waals surface area contributed by atoms with Gasteiger partial charge in [-0.25, -0.2) is 22.2 Å². The van der Waals surface area contributed by atoms with E-state index < -0.39 is 26.6 Å². The van der Waals surface area contributed by atoms with Gasteiger partial charge in [0.05, 0.1) is 26.0 Å². The summed E-state index contributed by atoms with van der Waals surface area (Å²) >= 11 is 0. The molecule has 0 bridgehead atoms.